The maximum atomic E-state index is 13.6. The van der Waals surface area contributed by atoms with Gasteiger partial charge in [-0.2, -0.15) is 9.82 Å². The lowest BCUT2D eigenvalue weighted by Gasteiger charge is -2.33. The number of aryl methyl sites for hydroxylation is 1. The zero-order valence-corrected chi connectivity index (χ0v) is 23.7. The van der Waals surface area contributed by atoms with Crippen LogP contribution >= 0.6 is 0 Å². The SMILES string of the molecule is Cc1c([S+]([O-])NC(=O)c2ccc(-n3ccc(OCC4(C)CC4(F)F)n3)nc2N2C[C@@H](C)CC2(C)C)cnn1C. The number of halogens is 2. The molecule has 3 aromatic rings. The van der Waals surface area contributed by atoms with E-state index in [9.17, 15) is 18.1 Å². The van der Waals surface area contributed by atoms with Gasteiger partial charge in [-0.1, -0.05) is 13.8 Å². The van der Waals surface area contributed by atoms with E-state index in [-0.39, 0.29) is 30.0 Å². The molecule has 2 fully saturated rings. The molecular formula is C26H33F2N7O3S. The van der Waals surface area contributed by atoms with Crippen molar-refractivity contribution in [2.75, 3.05) is 18.1 Å². The van der Waals surface area contributed by atoms with Crippen LogP contribution in [0.3, 0.4) is 0 Å². The number of amides is 1. The van der Waals surface area contributed by atoms with E-state index in [1.807, 2.05) is 0 Å². The van der Waals surface area contributed by atoms with Gasteiger partial charge in [-0.25, -0.2) is 18.4 Å². The summed E-state index contributed by atoms with van der Waals surface area (Å²) < 4.78 is 51.3. The summed E-state index contributed by atoms with van der Waals surface area (Å²) in [7, 11) is 1.74. The van der Waals surface area contributed by atoms with E-state index in [0.717, 1.165) is 6.42 Å². The van der Waals surface area contributed by atoms with Crippen LogP contribution in [0.4, 0.5) is 14.6 Å². The van der Waals surface area contributed by atoms with E-state index in [4.69, 9.17) is 9.72 Å². The number of pyridine rings is 1. The highest BCUT2D eigenvalue weighted by atomic mass is 32.2. The van der Waals surface area contributed by atoms with Crippen LogP contribution < -0.4 is 14.4 Å². The van der Waals surface area contributed by atoms with Gasteiger partial charge < -0.3 is 14.2 Å². The average Bonchev–Trinajstić information content (AvgIpc) is 3.29. The molecule has 1 N–H and O–H groups in total. The topological polar surface area (TPSA) is 113 Å². The molecule has 1 aliphatic carbocycles. The summed E-state index contributed by atoms with van der Waals surface area (Å²) in [4.78, 5) is 20.7. The fraction of sp³-hybridized carbons (Fsp3) is 0.538. The molecule has 1 amide bonds. The zero-order valence-electron chi connectivity index (χ0n) is 22.9. The lowest BCUT2D eigenvalue weighted by Crippen LogP contribution is -2.41. The van der Waals surface area contributed by atoms with Gasteiger partial charge in [-0.3, -0.25) is 9.48 Å². The second-order valence-electron chi connectivity index (χ2n) is 11.5. The van der Waals surface area contributed by atoms with Crippen molar-refractivity contribution in [2.45, 2.75) is 63.8 Å². The lowest BCUT2D eigenvalue weighted by molar-refractivity contribution is 0.0490. The van der Waals surface area contributed by atoms with Gasteiger partial charge in [0.2, 0.25) is 10.8 Å². The van der Waals surface area contributed by atoms with Gasteiger partial charge in [0.15, 0.2) is 5.82 Å². The minimum atomic E-state index is -2.72. The first-order valence-corrected chi connectivity index (χ1v) is 13.9. The van der Waals surface area contributed by atoms with E-state index in [2.05, 4.69) is 40.6 Å². The Hall–Kier alpha value is -3.19. The van der Waals surface area contributed by atoms with Gasteiger partial charge in [0.05, 0.1) is 16.7 Å². The summed E-state index contributed by atoms with van der Waals surface area (Å²) in [5.41, 5.74) is -0.483. The molecule has 0 radical (unpaired) electrons. The molecule has 0 aromatic carbocycles. The molecule has 1 saturated carbocycles. The van der Waals surface area contributed by atoms with E-state index >= 15 is 0 Å². The quantitative estimate of drug-likeness (QED) is 0.416. The fourth-order valence-electron chi connectivity index (χ4n) is 5.11. The highest BCUT2D eigenvalue weighted by Crippen LogP contribution is 2.60. The molecule has 3 atom stereocenters. The van der Waals surface area contributed by atoms with E-state index in [1.54, 1.807) is 43.0 Å². The molecule has 2 aliphatic rings. The molecule has 4 heterocycles. The van der Waals surface area contributed by atoms with Crippen LogP contribution in [0, 0.1) is 18.3 Å². The zero-order chi connectivity index (χ0) is 28.3. The number of carbonyl (C=O) groups is 1. The number of nitrogens with one attached hydrogen (secondary N) is 1. The Morgan fingerprint density at radius 1 is 1.28 bits per heavy atom. The number of ether oxygens (including phenoxy) is 1. The van der Waals surface area contributed by atoms with Crippen molar-refractivity contribution in [3.05, 3.63) is 41.9 Å². The van der Waals surface area contributed by atoms with Crippen LogP contribution in [0.1, 0.15) is 56.6 Å². The van der Waals surface area contributed by atoms with Gasteiger partial charge in [-0.05, 0) is 45.2 Å². The second kappa shape index (κ2) is 9.47. The molecule has 1 aliphatic heterocycles. The van der Waals surface area contributed by atoms with Crippen LogP contribution in [-0.4, -0.2) is 59.6 Å². The highest BCUT2D eigenvalue weighted by Gasteiger charge is 2.68. The number of nitrogens with zero attached hydrogens (tertiary/aromatic N) is 6. The molecule has 2 unspecified atom stereocenters. The summed E-state index contributed by atoms with van der Waals surface area (Å²) in [5.74, 6) is -1.78. The Kier molecular flexibility index (Phi) is 6.65. The molecule has 0 spiro atoms. The summed E-state index contributed by atoms with van der Waals surface area (Å²) in [6, 6.07) is 4.86. The Balaban J connectivity index is 1.42. The van der Waals surface area contributed by atoms with Crippen LogP contribution in [-0.2, 0) is 18.4 Å². The van der Waals surface area contributed by atoms with Crippen LogP contribution in [0.25, 0.3) is 5.82 Å². The highest BCUT2D eigenvalue weighted by molar-refractivity contribution is 7.90. The Labute approximate surface area is 229 Å². The van der Waals surface area contributed by atoms with Crippen LogP contribution in [0.2, 0.25) is 0 Å². The largest absolute Gasteiger partial charge is 0.588 e. The monoisotopic (exact) mass is 561 g/mol. The van der Waals surface area contributed by atoms with Gasteiger partial charge in [-0.15, -0.1) is 5.10 Å². The van der Waals surface area contributed by atoms with Crippen molar-refractivity contribution >= 4 is 23.1 Å². The smallest absolute Gasteiger partial charge is 0.296 e. The maximum Gasteiger partial charge on any atom is 0.296 e. The van der Waals surface area contributed by atoms with Crippen LogP contribution in [0.15, 0.2) is 35.5 Å². The minimum absolute atomic E-state index is 0.137. The number of anilines is 1. The summed E-state index contributed by atoms with van der Waals surface area (Å²) in [6.07, 6.45) is 3.81. The summed E-state index contributed by atoms with van der Waals surface area (Å²) in [5, 5.41) is 8.47. The van der Waals surface area contributed by atoms with Gasteiger partial charge >= 0.3 is 0 Å². The number of rotatable bonds is 8. The van der Waals surface area contributed by atoms with Crippen molar-refractivity contribution < 1.29 is 22.9 Å². The molecular weight excluding hydrogens is 528 g/mol. The van der Waals surface area contributed by atoms with Crippen molar-refractivity contribution in [3.63, 3.8) is 0 Å². The molecule has 1 saturated heterocycles. The van der Waals surface area contributed by atoms with Crippen molar-refractivity contribution in [2.24, 2.45) is 18.4 Å². The number of hydrogen-bond acceptors (Lipinski definition) is 7. The van der Waals surface area contributed by atoms with Gasteiger partial charge in [0, 0.05) is 37.8 Å². The summed E-state index contributed by atoms with van der Waals surface area (Å²) >= 11 is -1.81. The average molecular weight is 562 g/mol. The summed E-state index contributed by atoms with van der Waals surface area (Å²) in [6.45, 7) is 10.2. The van der Waals surface area contributed by atoms with E-state index in [1.165, 1.54) is 17.8 Å². The molecule has 0 bridgehead atoms. The molecule has 210 valence electrons. The number of hydrogen-bond donors (Lipinski definition) is 1. The molecule has 3 aromatic heterocycles. The third kappa shape index (κ3) is 5.09. The van der Waals surface area contributed by atoms with Crippen molar-refractivity contribution in [1.29, 1.82) is 0 Å². The Morgan fingerprint density at radius 2 is 2.00 bits per heavy atom. The first kappa shape index (κ1) is 27.4. The normalized spacial score (nSPS) is 24.0. The van der Waals surface area contributed by atoms with Gasteiger partial charge in [0.1, 0.15) is 30.0 Å². The maximum absolute atomic E-state index is 13.6. The molecule has 13 heteroatoms. The fourth-order valence-corrected chi connectivity index (χ4v) is 6.04. The van der Waals surface area contributed by atoms with Gasteiger partial charge in [0.25, 0.3) is 11.8 Å². The Bertz CT molecular complexity index is 1410. The number of aromatic nitrogens is 5. The third-order valence-corrected chi connectivity index (χ3v) is 8.89. The molecule has 10 nitrogen and oxygen atoms in total. The number of alkyl halides is 2. The third-order valence-electron chi connectivity index (χ3n) is 7.72. The minimum Gasteiger partial charge on any atom is -0.588 e. The Morgan fingerprint density at radius 3 is 2.59 bits per heavy atom. The van der Waals surface area contributed by atoms with Crippen molar-refractivity contribution in [3.8, 4) is 11.7 Å². The predicted octanol–water partition coefficient (Wildman–Crippen LogP) is 3.81. The first-order valence-electron chi connectivity index (χ1n) is 12.8. The van der Waals surface area contributed by atoms with E-state index < -0.39 is 28.6 Å². The standard InChI is InChI=1S/C26H33F2N7O3S/c1-16-11-24(3,4)34(13-16)22-18(23(36)32-39(37)19-12-29-33(6)17(19)2)7-8-20(30-22)35-10-9-21(31-35)38-15-25(5)14-26(25,27)28/h7-10,12,16H,11,13-15H2,1-6H3,(H,32,36)/t16-,25?,39?/m0/s1. The molecule has 39 heavy (non-hydrogen) atoms. The first-order chi connectivity index (χ1) is 18.2. The van der Waals surface area contributed by atoms with E-state index in [0.29, 0.717) is 34.7 Å². The number of carbonyl (C=O) groups excluding carboxylic acids is 1. The van der Waals surface area contributed by atoms with Crippen molar-refractivity contribution in [1.82, 2.24) is 29.3 Å². The lowest BCUT2D eigenvalue weighted by atomic mass is 9.97. The predicted molar refractivity (Wildman–Crippen MR) is 142 cm³/mol. The molecule has 5 rings (SSSR count). The van der Waals surface area contributed by atoms with Crippen LogP contribution in [0.5, 0.6) is 5.88 Å². The second-order valence-corrected chi connectivity index (χ2v) is 12.7.